The standard InChI is InChI=1S/C15H17FN2O/c1-11(18(10-2-9-17)14-7-8-14)15(19)12-3-5-13(16)6-4-12/h3-6,11,14H,2,7-8,10H2,1H3. The minimum atomic E-state index is -0.340. The quantitative estimate of drug-likeness (QED) is 0.739. The van der Waals surface area contributed by atoms with Gasteiger partial charge in [0.2, 0.25) is 0 Å². The lowest BCUT2D eigenvalue weighted by molar-refractivity contribution is 0.0829. The van der Waals surface area contributed by atoms with E-state index in [0.29, 0.717) is 24.6 Å². The van der Waals surface area contributed by atoms with Gasteiger partial charge >= 0.3 is 0 Å². The molecule has 0 radical (unpaired) electrons. The van der Waals surface area contributed by atoms with Gasteiger partial charge in [-0.15, -0.1) is 0 Å². The lowest BCUT2D eigenvalue weighted by atomic mass is 10.0. The molecule has 1 aliphatic rings. The second-order valence-electron chi connectivity index (χ2n) is 4.92. The number of rotatable bonds is 6. The number of halogens is 1. The highest BCUT2D eigenvalue weighted by Crippen LogP contribution is 2.29. The maximum atomic E-state index is 12.9. The maximum Gasteiger partial charge on any atom is 0.179 e. The molecule has 3 nitrogen and oxygen atoms in total. The molecule has 0 spiro atoms. The van der Waals surface area contributed by atoms with Gasteiger partial charge in [0.05, 0.1) is 12.1 Å². The molecule has 0 saturated heterocycles. The summed E-state index contributed by atoms with van der Waals surface area (Å²) >= 11 is 0. The molecule has 0 aliphatic heterocycles. The van der Waals surface area contributed by atoms with Crippen LogP contribution in [0, 0.1) is 17.1 Å². The van der Waals surface area contributed by atoms with Gasteiger partial charge in [0.1, 0.15) is 5.82 Å². The molecular formula is C15H17FN2O. The molecule has 0 heterocycles. The summed E-state index contributed by atoms with van der Waals surface area (Å²) in [6, 6.07) is 7.92. The van der Waals surface area contributed by atoms with Crippen molar-refractivity contribution in [3.05, 3.63) is 35.6 Å². The van der Waals surface area contributed by atoms with Crippen molar-refractivity contribution in [2.24, 2.45) is 0 Å². The SMILES string of the molecule is CC(C(=O)c1ccc(F)cc1)N(CCC#N)C1CC1. The highest BCUT2D eigenvalue weighted by atomic mass is 19.1. The van der Waals surface area contributed by atoms with Crippen LogP contribution in [-0.4, -0.2) is 29.3 Å². The van der Waals surface area contributed by atoms with Gasteiger partial charge in [0.25, 0.3) is 0 Å². The predicted octanol–water partition coefficient (Wildman–Crippen LogP) is 2.77. The van der Waals surface area contributed by atoms with Gasteiger partial charge in [-0.25, -0.2) is 4.39 Å². The molecule has 0 amide bonds. The maximum absolute atomic E-state index is 12.9. The summed E-state index contributed by atoms with van der Waals surface area (Å²) in [6.45, 7) is 2.48. The van der Waals surface area contributed by atoms with E-state index in [1.54, 1.807) is 0 Å². The Bertz CT molecular complexity index is 488. The molecule has 1 aromatic rings. The first-order chi connectivity index (χ1) is 9.13. The summed E-state index contributed by atoms with van der Waals surface area (Å²) in [5.41, 5.74) is 0.525. The van der Waals surface area contributed by atoms with Crippen molar-refractivity contribution in [3.63, 3.8) is 0 Å². The van der Waals surface area contributed by atoms with Crippen molar-refractivity contribution >= 4 is 5.78 Å². The van der Waals surface area contributed by atoms with Gasteiger partial charge in [0, 0.05) is 24.6 Å². The third kappa shape index (κ3) is 3.39. The summed E-state index contributed by atoms with van der Waals surface area (Å²) in [5.74, 6) is -0.349. The number of hydrogen-bond acceptors (Lipinski definition) is 3. The monoisotopic (exact) mass is 260 g/mol. The van der Waals surface area contributed by atoms with E-state index in [9.17, 15) is 9.18 Å². The molecule has 4 heteroatoms. The van der Waals surface area contributed by atoms with Crippen LogP contribution in [0.3, 0.4) is 0 Å². The Morgan fingerprint density at radius 1 is 1.47 bits per heavy atom. The Morgan fingerprint density at radius 3 is 2.63 bits per heavy atom. The number of carbonyl (C=O) groups is 1. The average molecular weight is 260 g/mol. The zero-order valence-electron chi connectivity index (χ0n) is 11.0. The van der Waals surface area contributed by atoms with Crippen LogP contribution in [0.5, 0.6) is 0 Å². The molecule has 1 unspecified atom stereocenters. The Balaban J connectivity index is 2.08. The molecule has 1 aliphatic carbocycles. The van der Waals surface area contributed by atoms with E-state index in [1.807, 2.05) is 6.92 Å². The predicted molar refractivity (Wildman–Crippen MR) is 70.2 cm³/mol. The van der Waals surface area contributed by atoms with Crippen molar-refractivity contribution < 1.29 is 9.18 Å². The van der Waals surface area contributed by atoms with Crippen LogP contribution in [0.25, 0.3) is 0 Å². The molecule has 1 atom stereocenters. The first kappa shape index (κ1) is 13.7. The lowest BCUT2D eigenvalue weighted by Gasteiger charge is -2.27. The van der Waals surface area contributed by atoms with E-state index in [0.717, 1.165) is 12.8 Å². The van der Waals surface area contributed by atoms with Crippen LogP contribution in [0.2, 0.25) is 0 Å². The minimum Gasteiger partial charge on any atom is -0.292 e. The third-order valence-corrected chi connectivity index (χ3v) is 3.50. The summed E-state index contributed by atoms with van der Waals surface area (Å²) in [7, 11) is 0. The van der Waals surface area contributed by atoms with E-state index in [-0.39, 0.29) is 17.6 Å². The van der Waals surface area contributed by atoms with Gasteiger partial charge in [-0.05, 0) is 44.0 Å². The van der Waals surface area contributed by atoms with Crippen molar-refractivity contribution in [2.75, 3.05) is 6.54 Å². The highest BCUT2D eigenvalue weighted by molar-refractivity contribution is 5.99. The first-order valence-electron chi connectivity index (χ1n) is 6.56. The third-order valence-electron chi connectivity index (χ3n) is 3.50. The normalized spacial score (nSPS) is 16.1. The molecule has 1 saturated carbocycles. The molecular weight excluding hydrogens is 243 g/mol. The number of nitrogens with zero attached hydrogens (tertiary/aromatic N) is 2. The number of Topliss-reactive ketones (excluding diaryl/α,β-unsaturated/α-hetero) is 1. The second-order valence-corrected chi connectivity index (χ2v) is 4.92. The largest absolute Gasteiger partial charge is 0.292 e. The summed E-state index contributed by atoms with van der Waals surface area (Å²) in [5, 5.41) is 8.68. The van der Waals surface area contributed by atoms with Crippen LogP contribution in [0.1, 0.15) is 36.5 Å². The zero-order chi connectivity index (χ0) is 13.8. The molecule has 2 rings (SSSR count). The lowest BCUT2D eigenvalue weighted by Crippen LogP contribution is -2.41. The second kappa shape index (κ2) is 5.94. The van der Waals surface area contributed by atoms with Crippen molar-refractivity contribution in [1.29, 1.82) is 5.26 Å². The van der Waals surface area contributed by atoms with Crippen molar-refractivity contribution in [3.8, 4) is 6.07 Å². The van der Waals surface area contributed by atoms with Crippen LogP contribution in [-0.2, 0) is 0 Å². The van der Waals surface area contributed by atoms with Crippen LogP contribution in [0.15, 0.2) is 24.3 Å². The van der Waals surface area contributed by atoms with E-state index in [1.165, 1.54) is 24.3 Å². The van der Waals surface area contributed by atoms with Crippen molar-refractivity contribution in [2.45, 2.75) is 38.3 Å². The van der Waals surface area contributed by atoms with Crippen LogP contribution >= 0.6 is 0 Å². The van der Waals surface area contributed by atoms with Crippen LogP contribution in [0.4, 0.5) is 4.39 Å². The molecule has 0 bridgehead atoms. The Morgan fingerprint density at radius 2 is 2.11 bits per heavy atom. The van der Waals surface area contributed by atoms with E-state index >= 15 is 0 Å². The number of nitriles is 1. The van der Waals surface area contributed by atoms with Gasteiger partial charge in [-0.1, -0.05) is 0 Å². The van der Waals surface area contributed by atoms with Gasteiger partial charge in [-0.3, -0.25) is 9.69 Å². The summed E-state index contributed by atoms with van der Waals surface area (Å²) in [6.07, 6.45) is 2.61. The minimum absolute atomic E-state index is 0.00941. The molecule has 0 aromatic heterocycles. The van der Waals surface area contributed by atoms with Gasteiger partial charge < -0.3 is 0 Å². The number of carbonyl (C=O) groups excluding carboxylic acids is 1. The average Bonchev–Trinajstić information content (AvgIpc) is 3.23. The summed E-state index contributed by atoms with van der Waals surface area (Å²) in [4.78, 5) is 14.4. The topological polar surface area (TPSA) is 44.1 Å². The smallest absolute Gasteiger partial charge is 0.179 e. The van der Waals surface area contributed by atoms with Gasteiger partial charge in [-0.2, -0.15) is 5.26 Å². The number of benzene rings is 1. The Labute approximate surface area is 112 Å². The van der Waals surface area contributed by atoms with Crippen molar-refractivity contribution in [1.82, 2.24) is 4.90 Å². The highest BCUT2D eigenvalue weighted by Gasteiger charge is 2.34. The Kier molecular flexibility index (Phi) is 4.28. The summed E-state index contributed by atoms with van der Waals surface area (Å²) < 4.78 is 12.9. The van der Waals surface area contributed by atoms with E-state index in [4.69, 9.17) is 5.26 Å². The molecule has 1 aromatic carbocycles. The van der Waals surface area contributed by atoms with E-state index < -0.39 is 0 Å². The van der Waals surface area contributed by atoms with Gasteiger partial charge in [0.15, 0.2) is 5.78 Å². The van der Waals surface area contributed by atoms with Crippen LogP contribution < -0.4 is 0 Å². The number of ketones is 1. The molecule has 1 fully saturated rings. The fraction of sp³-hybridized carbons (Fsp3) is 0.467. The van der Waals surface area contributed by atoms with E-state index in [2.05, 4.69) is 11.0 Å². The first-order valence-corrected chi connectivity index (χ1v) is 6.56. The molecule has 100 valence electrons. The zero-order valence-corrected chi connectivity index (χ0v) is 11.0. The molecule has 0 N–H and O–H groups in total. The number of hydrogen-bond donors (Lipinski definition) is 0. The fourth-order valence-corrected chi connectivity index (χ4v) is 2.28. The fourth-order valence-electron chi connectivity index (χ4n) is 2.28. The Hall–Kier alpha value is -1.73. The molecule has 19 heavy (non-hydrogen) atoms.